The van der Waals surface area contributed by atoms with Crippen LogP contribution in [0.15, 0.2) is 42.7 Å². The monoisotopic (exact) mass is 413 g/mol. The molecule has 164 valence electrons. The average molecular weight is 414 g/mol. The van der Waals surface area contributed by atoms with Crippen LogP contribution < -0.4 is 14.8 Å². The second kappa shape index (κ2) is 12.5. The van der Waals surface area contributed by atoms with Crippen LogP contribution in [0.25, 0.3) is 0 Å². The topological polar surface area (TPSA) is 66.8 Å². The van der Waals surface area contributed by atoms with E-state index >= 15 is 0 Å². The number of pyridine rings is 1. The molecule has 2 aromatic rings. The van der Waals surface area contributed by atoms with Gasteiger partial charge >= 0.3 is 0 Å². The van der Waals surface area contributed by atoms with Crippen LogP contribution in [0.4, 0.5) is 0 Å². The normalized spacial score (nSPS) is 16.1. The van der Waals surface area contributed by atoms with E-state index < -0.39 is 6.10 Å². The van der Waals surface area contributed by atoms with E-state index in [-0.39, 0.29) is 6.61 Å². The molecule has 0 bridgehead atoms. The standard InChI is InChI=1S/C24H35N3O3/c1-29-24-15-21(17-26-12-10-20-7-6-11-25-16-20)8-9-23(24)30-19-22(28)18-27-13-4-2-3-5-14-27/h6-9,11,15-16,22,26,28H,2-5,10,12-14,17-19H2,1H3/t22-/m0/s1. The van der Waals surface area contributed by atoms with Gasteiger partial charge in [0, 0.05) is 25.5 Å². The van der Waals surface area contributed by atoms with Gasteiger partial charge in [-0.3, -0.25) is 4.98 Å². The Hall–Kier alpha value is -2.15. The van der Waals surface area contributed by atoms with E-state index in [0.717, 1.165) is 38.2 Å². The van der Waals surface area contributed by atoms with Crippen LogP contribution in [0.2, 0.25) is 0 Å². The van der Waals surface area contributed by atoms with Crippen molar-refractivity contribution >= 4 is 0 Å². The van der Waals surface area contributed by atoms with E-state index in [1.54, 1.807) is 13.3 Å². The van der Waals surface area contributed by atoms with E-state index in [0.29, 0.717) is 18.0 Å². The maximum absolute atomic E-state index is 10.4. The maximum atomic E-state index is 10.4. The van der Waals surface area contributed by atoms with E-state index in [9.17, 15) is 5.11 Å². The molecular weight excluding hydrogens is 378 g/mol. The highest BCUT2D eigenvalue weighted by molar-refractivity contribution is 5.43. The van der Waals surface area contributed by atoms with Crippen molar-refractivity contribution in [1.29, 1.82) is 0 Å². The SMILES string of the molecule is COc1cc(CNCCc2cccnc2)ccc1OC[C@@H](O)CN1CCCCCC1. The second-order valence-corrected chi connectivity index (χ2v) is 7.95. The highest BCUT2D eigenvalue weighted by Gasteiger charge is 2.15. The van der Waals surface area contributed by atoms with Crippen molar-refractivity contribution in [3.05, 3.63) is 53.9 Å². The average Bonchev–Trinajstić information content (AvgIpc) is 3.05. The number of nitrogens with one attached hydrogen (secondary N) is 1. The third-order valence-corrected chi connectivity index (χ3v) is 5.47. The van der Waals surface area contributed by atoms with Gasteiger partial charge in [-0.05, 0) is 68.2 Å². The number of benzene rings is 1. The van der Waals surface area contributed by atoms with E-state index in [4.69, 9.17) is 9.47 Å². The summed E-state index contributed by atoms with van der Waals surface area (Å²) in [5.41, 5.74) is 2.36. The molecule has 0 radical (unpaired) electrons. The van der Waals surface area contributed by atoms with Gasteiger partial charge in [0.1, 0.15) is 12.7 Å². The summed E-state index contributed by atoms with van der Waals surface area (Å²) >= 11 is 0. The van der Waals surface area contributed by atoms with Gasteiger partial charge in [0.25, 0.3) is 0 Å². The predicted molar refractivity (Wildman–Crippen MR) is 119 cm³/mol. The molecule has 1 aromatic heterocycles. The summed E-state index contributed by atoms with van der Waals surface area (Å²) in [5.74, 6) is 1.37. The molecule has 3 rings (SSSR count). The molecule has 0 saturated carbocycles. The second-order valence-electron chi connectivity index (χ2n) is 7.95. The molecule has 6 nitrogen and oxygen atoms in total. The van der Waals surface area contributed by atoms with Gasteiger partial charge in [0.2, 0.25) is 0 Å². The summed E-state index contributed by atoms with van der Waals surface area (Å²) < 4.78 is 11.4. The van der Waals surface area contributed by atoms with Crippen molar-refractivity contribution in [3.63, 3.8) is 0 Å². The highest BCUT2D eigenvalue weighted by Crippen LogP contribution is 2.28. The van der Waals surface area contributed by atoms with E-state index in [2.05, 4.69) is 21.3 Å². The number of aliphatic hydroxyl groups excluding tert-OH is 1. The van der Waals surface area contributed by atoms with E-state index in [1.807, 2.05) is 30.5 Å². The molecule has 2 heterocycles. The smallest absolute Gasteiger partial charge is 0.161 e. The third-order valence-electron chi connectivity index (χ3n) is 5.47. The zero-order valence-electron chi connectivity index (χ0n) is 18.1. The summed E-state index contributed by atoms with van der Waals surface area (Å²) in [6.45, 7) is 4.73. The number of ether oxygens (including phenoxy) is 2. The minimum Gasteiger partial charge on any atom is -0.493 e. The van der Waals surface area contributed by atoms with Crippen LogP contribution in [0, 0.1) is 0 Å². The number of hydrogen-bond acceptors (Lipinski definition) is 6. The Labute approximate surface area is 180 Å². The molecule has 1 aliphatic heterocycles. The lowest BCUT2D eigenvalue weighted by Crippen LogP contribution is -2.36. The number of aromatic nitrogens is 1. The molecule has 1 aliphatic rings. The first-order valence-corrected chi connectivity index (χ1v) is 11.0. The lowest BCUT2D eigenvalue weighted by molar-refractivity contribution is 0.0683. The Morgan fingerprint density at radius 2 is 1.93 bits per heavy atom. The largest absolute Gasteiger partial charge is 0.493 e. The zero-order valence-corrected chi connectivity index (χ0v) is 18.1. The van der Waals surface area contributed by atoms with Crippen LogP contribution >= 0.6 is 0 Å². The first-order valence-electron chi connectivity index (χ1n) is 11.0. The number of methoxy groups -OCH3 is 1. The maximum Gasteiger partial charge on any atom is 0.161 e. The lowest BCUT2D eigenvalue weighted by atomic mass is 10.2. The molecule has 1 atom stereocenters. The summed E-state index contributed by atoms with van der Waals surface area (Å²) in [6, 6.07) is 10.0. The molecule has 0 spiro atoms. The molecule has 0 aliphatic carbocycles. The number of nitrogens with zero attached hydrogens (tertiary/aromatic N) is 2. The van der Waals surface area contributed by atoms with Crippen LogP contribution in [0.3, 0.4) is 0 Å². The molecule has 1 fully saturated rings. The molecule has 0 amide bonds. The molecule has 6 heteroatoms. The zero-order chi connectivity index (χ0) is 21.0. The van der Waals surface area contributed by atoms with Gasteiger partial charge in [-0.15, -0.1) is 0 Å². The van der Waals surface area contributed by atoms with Gasteiger partial charge in [-0.25, -0.2) is 0 Å². The highest BCUT2D eigenvalue weighted by atomic mass is 16.5. The molecule has 1 aromatic carbocycles. The van der Waals surface area contributed by atoms with Gasteiger partial charge in [-0.1, -0.05) is 25.0 Å². The van der Waals surface area contributed by atoms with Crippen molar-refractivity contribution in [3.8, 4) is 11.5 Å². The minimum atomic E-state index is -0.498. The molecule has 0 unspecified atom stereocenters. The van der Waals surface area contributed by atoms with Crippen LogP contribution in [-0.4, -0.2) is 61.0 Å². The summed E-state index contributed by atoms with van der Waals surface area (Å²) in [4.78, 5) is 6.49. The number of likely N-dealkylation sites (tertiary alicyclic amines) is 1. The van der Waals surface area contributed by atoms with Crippen LogP contribution in [-0.2, 0) is 13.0 Å². The van der Waals surface area contributed by atoms with Crippen molar-refractivity contribution in [2.24, 2.45) is 0 Å². The van der Waals surface area contributed by atoms with Gasteiger partial charge < -0.3 is 24.8 Å². The van der Waals surface area contributed by atoms with Crippen molar-refractivity contribution in [2.45, 2.75) is 44.8 Å². The fourth-order valence-electron chi connectivity index (χ4n) is 3.81. The Bertz CT molecular complexity index is 734. The Kier molecular flexibility index (Phi) is 9.41. The predicted octanol–water partition coefficient (Wildman–Crippen LogP) is 3.04. The Balaban J connectivity index is 1.42. The number of β-amino-alcohol motifs (C(OH)–C–C–N with tert-alkyl or cyclic N) is 1. The molecule has 30 heavy (non-hydrogen) atoms. The summed E-state index contributed by atoms with van der Waals surface area (Å²) in [5, 5.41) is 13.8. The fraction of sp³-hybridized carbons (Fsp3) is 0.542. The van der Waals surface area contributed by atoms with Gasteiger partial charge in [0.05, 0.1) is 7.11 Å². The van der Waals surface area contributed by atoms with Crippen molar-refractivity contribution in [1.82, 2.24) is 15.2 Å². The first kappa shape index (κ1) is 22.5. The quantitative estimate of drug-likeness (QED) is 0.552. The Morgan fingerprint density at radius 1 is 1.10 bits per heavy atom. The fourth-order valence-corrected chi connectivity index (χ4v) is 3.81. The summed E-state index contributed by atoms with van der Waals surface area (Å²) in [7, 11) is 1.65. The first-order chi connectivity index (χ1) is 14.7. The Morgan fingerprint density at radius 3 is 2.67 bits per heavy atom. The third kappa shape index (κ3) is 7.59. The molecule has 2 N–H and O–H groups in total. The van der Waals surface area contributed by atoms with Crippen LogP contribution in [0.1, 0.15) is 36.8 Å². The van der Waals surface area contributed by atoms with Crippen molar-refractivity contribution in [2.75, 3.05) is 39.9 Å². The van der Waals surface area contributed by atoms with E-state index in [1.165, 1.54) is 31.2 Å². The van der Waals surface area contributed by atoms with Crippen LogP contribution in [0.5, 0.6) is 11.5 Å². The number of rotatable bonds is 11. The molecule has 1 saturated heterocycles. The van der Waals surface area contributed by atoms with Gasteiger partial charge in [-0.2, -0.15) is 0 Å². The molecular formula is C24H35N3O3. The number of aliphatic hydroxyl groups is 1. The number of hydrogen-bond donors (Lipinski definition) is 2. The minimum absolute atomic E-state index is 0.273. The van der Waals surface area contributed by atoms with Gasteiger partial charge in [0.15, 0.2) is 11.5 Å². The van der Waals surface area contributed by atoms with Crippen molar-refractivity contribution < 1.29 is 14.6 Å². The lowest BCUT2D eigenvalue weighted by Gasteiger charge is -2.23. The summed E-state index contributed by atoms with van der Waals surface area (Å²) in [6.07, 6.45) is 9.18.